The summed E-state index contributed by atoms with van der Waals surface area (Å²) >= 11 is 0. The monoisotopic (exact) mass is 261 g/mol. The lowest BCUT2D eigenvalue weighted by molar-refractivity contribution is 0.558. The van der Waals surface area contributed by atoms with Gasteiger partial charge in [0.25, 0.3) is 0 Å². The summed E-state index contributed by atoms with van der Waals surface area (Å²) in [4.78, 5) is 11.3. The summed E-state index contributed by atoms with van der Waals surface area (Å²) in [5, 5.41) is 3.27. The quantitative estimate of drug-likeness (QED) is 0.868. The Morgan fingerprint density at radius 1 is 1.42 bits per heavy atom. The van der Waals surface area contributed by atoms with E-state index in [9.17, 15) is 0 Å². The molecular weight excluding hydrogens is 238 g/mol. The van der Waals surface area contributed by atoms with Crippen LogP contribution in [-0.4, -0.2) is 34.5 Å². The van der Waals surface area contributed by atoms with Crippen LogP contribution in [0.15, 0.2) is 18.6 Å². The number of hydrogen-bond donors (Lipinski definition) is 1. The van der Waals surface area contributed by atoms with Crippen LogP contribution >= 0.6 is 0 Å². The molecule has 0 aliphatic carbocycles. The van der Waals surface area contributed by atoms with Gasteiger partial charge in [-0.3, -0.25) is 0 Å². The van der Waals surface area contributed by atoms with Crippen molar-refractivity contribution < 1.29 is 0 Å². The third-order valence-electron chi connectivity index (χ3n) is 3.36. The lowest BCUT2D eigenvalue weighted by Gasteiger charge is -2.22. The molecule has 0 radical (unpaired) electrons. The molecule has 0 aliphatic rings. The van der Waals surface area contributed by atoms with Crippen molar-refractivity contribution in [1.29, 1.82) is 0 Å². The Labute approximate surface area is 114 Å². The predicted octanol–water partition coefficient (Wildman–Crippen LogP) is 2.64. The van der Waals surface area contributed by atoms with Gasteiger partial charge in [-0.15, -0.1) is 0 Å². The fourth-order valence-corrected chi connectivity index (χ4v) is 2.12. The van der Waals surface area contributed by atoms with Crippen molar-refractivity contribution in [3.8, 4) is 0 Å². The van der Waals surface area contributed by atoms with E-state index in [-0.39, 0.29) is 0 Å². The molecule has 0 amide bonds. The minimum absolute atomic E-state index is 0.643. The highest BCUT2D eigenvalue weighted by molar-refractivity contribution is 5.66. The van der Waals surface area contributed by atoms with E-state index >= 15 is 0 Å². The standard InChI is InChI=1S/C14H23N5/c1-5-11(3)9-18(4)14-13-16-7-8-19(13)10-12(17-14)15-6-2/h7-8,10-11,15H,5-6,9H2,1-4H3. The maximum absolute atomic E-state index is 4.68. The maximum Gasteiger partial charge on any atom is 0.180 e. The van der Waals surface area contributed by atoms with Crippen molar-refractivity contribution in [1.82, 2.24) is 14.4 Å². The van der Waals surface area contributed by atoms with Gasteiger partial charge in [-0.25, -0.2) is 9.97 Å². The first-order valence-electron chi connectivity index (χ1n) is 6.94. The molecule has 19 heavy (non-hydrogen) atoms. The van der Waals surface area contributed by atoms with E-state index < -0.39 is 0 Å². The molecule has 0 aromatic carbocycles. The molecule has 104 valence electrons. The second kappa shape index (κ2) is 5.91. The summed E-state index contributed by atoms with van der Waals surface area (Å²) in [5.41, 5.74) is 0.910. The fourth-order valence-electron chi connectivity index (χ4n) is 2.12. The third-order valence-corrected chi connectivity index (χ3v) is 3.36. The van der Waals surface area contributed by atoms with Gasteiger partial charge in [-0.1, -0.05) is 20.3 Å². The summed E-state index contributed by atoms with van der Waals surface area (Å²) in [6.45, 7) is 8.39. The number of imidazole rings is 1. The molecule has 2 heterocycles. The van der Waals surface area contributed by atoms with E-state index in [2.05, 4.69) is 48.0 Å². The first-order chi connectivity index (χ1) is 9.15. The van der Waals surface area contributed by atoms with Crippen LogP contribution in [0.3, 0.4) is 0 Å². The number of aromatic nitrogens is 3. The smallest absolute Gasteiger partial charge is 0.180 e. The summed E-state index contributed by atoms with van der Waals surface area (Å²) in [6, 6.07) is 0. The number of fused-ring (bicyclic) bond motifs is 1. The van der Waals surface area contributed by atoms with Crippen molar-refractivity contribution in [3.63, 3.8) is 0 Å². The molecule has 0 spiro atoms. The summed E-state index contributed by atoms with van der Waals surface area (Å²) in [6.07, 6.45) is 6.92. The predicted molar refractivity (Wildman–Crippen MR) is 79.9 cm³/mol. The molecule has 1 N–H and O–H groups in total. The van der Waals surface area contributed by atoms with Gasteiger partial charge in [0.15, 0.2) is 11.5 Å². The Hall–Kier alpha value is -1.78. The average molecular weight is 261 g/mol. The van der Waals surface area contributed by atoms with Gasteiger partial charge >= 0.3 is 0 Å². The summed E-state index contributed by atoms with van der Waals surface area (Å²) in [5.74, 6) is 2.47. The molecule has 0 bridgehead atoms. The van der Waals surface area contributed by atoms with Crippen LogP contribution < -0.4 is 10.2 Å². The van der Waals surface area contributed by atoms with Crippen LogP contribution in [0.4, 0.5) is 11.6 Å². The highest BCUT2D eigenvalue weighted by atomic mass is 15.2. The van der Waals surface area contributed by atoms with Crippen molar-refractivity contribution in [2.45, 2.75) is 27.2 Å². The number of anilines is 2. The van der Waals surface area contributed by atoms with Gasteiger partial charge in [-0.05, 0) is 12.8 Å². The van der Waals surface area contributed by atoms with E-state index in [1.807, 2.05) is 23.0 Å². The molecule has 5 heteroatoms. The van der Waals surface area contributed by atoms with Crippen molar-refractivity contribution in [2.24, 2.45) is 5.92 Å². The van der Waals surface area contributed by atoms with E-state index in [0.717, 1.165) is 30.4 Å². The number of rotatable bonds is 6. The largest absolute Gasteiger partial charge is 0.369 e. The second-order valence-electron chi connectivity index (χ2n) is 5.03. The highest BCUT2D eigenvalue weighted by Gasteiger charge is 2.13. The topological polar surface area (TPSA) is 45.5 Å². The van der Waals surface area contributed by atoms with Crippen LogP contribution in [0, 0.1) is 5.92 Å². The SMILES string of the molecule is CCNc1cn2ccnc2c(N(C)CC(C)CC)n1. The summed E-state index contributed by atoms with van der Waals surface area (Å²) < 4.78 is 2.02. The molecule has 1 atom stereocenters. The Balaban J connectivity index is 2.36. The van der Waals surface area contributed by atoms with E-state index in [1.54, 1.807) is 0 Å². The number of hydrogen-bond acceptors (Lipinski definition) is 4. The van der Waals surface area contributed by atoms with Crippen LogP contribution in [0.25, 0.3) is 5.65 Å². The first-order valence-corrected chi connectivity index (χ1v) is 6.94. The molecule has 2 aromatic heterocycles. The molecule has 0 saturated heterocycles. The summed E-state index contributed by atoms with van der Waals surface area (Å²) in [7, 11) is 2.08. The minimum atomic E-state index is 0.643. The molecule has 0 fully saturated rings. The Morgan fingerprint density at radius 3 is 2.89 bits per heavy atom. The molecular formula is C14H23N5. The zero-order chi connectivity index (χ0) is 13.8. The van der Waals surface area contributed by atoms with Gasteiger partial charge in [0.2, 0.25) is 0 Å². The molecule has 5 nitrogen and oxygen atoms in total. The van der Waals surface area contributed by atoms with Crippen molar-refractivity contribution >= 4 is 17.3 Å². The first kappa shape index (κ1) is 13.6. The zero-order valence-electron chi connectivity index (χ0n) is 12.2. The maximum atomic E-state index is 4.68. The molecule has 2 aromatic rings. The Bertz CT molecular complexity index is 534. The molecule has 0 aliphatic heterocycles. The molecule has 2 rings (SSSR count). The van der Waals surface area contributed by atoms with Gasteiger partial charge in [0.1, 0.15) is 5.82 Å². The van der Waals surface area contributed by atoms with E-state index in [0.29, 0.717) is 5.92 Å². The zero-order valence-corrected chi connectivity index (χ0v) is 12.2. The van der Waals surface area contributed by atoms with E-state index in [4.69, 9.17) is 0 Å². The Morgan fingerprint density at radius 2 is 2.21 bits per heavy atom. The molecule has 0 saturated carbocycles. The Kier molecular flexibility index (Phi) is 4.24. The van der Waals surface area contributed by atoms with Gasteiger partial charge in [-0.2, -0.15) is 0 Å². The number of nitrogens with zero attached hydrogens (tertiary/aromatic N) is 4. The second-order valence-corrected chi connectivity index (χ2v) is 5.03. The van der Waals surface area contributed by atoms with Gasteiger partial charge < -0.3 is 14.6 Å². The van der Waals surface area contributed by atoms with Gasteiger partial charge in [0.05, 0.1) is 6.20 Å². The molecule has 1 unspecified atom stereocenters. The highest BCUT2D eigenvalue weighted by Crippen LogP contribution is 2.20. The van der Waals surface area contributed by atoms with Crippen LogP contribution in [0.1, 0.15) is 27.2 Å². The van der Waals surface area contributed by atoms with Crippen LogP contribution in [0.2, 0.25) is 0 Å². The minimum Gasteiger partial charge on any atom is -0.369 e. The van der Waals surface area contributed by atoms with Crippen molar-refractivity contribution in [3.05, 3.63) is 18.6 Å². The van der Waals surface area contributed by atoms with E-state index in [1.165, 1.54) is 6.42 Å². The lowest BCUT2D eigenvalue weighted by atomic mass is 10.1. The fraction of sp³-hybridized carbons (Fsp3) is 0.571. The van der Waals surface area contributed by atoms with Gasteiger partial charge in [0, 0.05) is 32.5 Å². The third kappa shape index (κ3) is 2.97. The van der Waals surface area contributed by atoms with Crippen molar-refractivity contribution in [2.75, 3.05) is 30.4 Å². The van der Waals surface area contributed by atoms with Crippen LogP contribution in [0.5, 0.6) is 0 Å². The lowest BCUT2D eigenvalue weighted by Crippen LogP contribution is -2.25. The normalized spacial score (nSPS) is 12.6. The number of nitrogens with one attached hydrogen (secondary N) is 1. The van der Waals surface area contributed by atoms with Crippen LogP contribution in [-0.2, 0) is 0 Å². The average Bonchev–Trinajstić information content (AvgIpc) is 2.86.